The van der Waals surface area contributed by atoms with Crippen molar-refractivity contribution in [3.05, 3.63) is 94.5 Å². The molecule has 2 nitrogen and oxygen atoms in total. The zero-order valence-electron chi connectivity index (χ0n) is 14.7. The first-order chi connectivity index (χ1) is 12.5. The van der Waals surface area contributed by atoms with E-state index in [2.05, 4.69) is 31.2 Å². The Hall–Kier alpha value is -2.84. The molecule has 0 aromatic heterocycles. The second kappa shape index (κ2) is 8.03. The molecular weight excluding hydrogens is 344 g/mol. The highest BCUT2D eigenvalue weighted by Gasteiger charge is 2.07. The second-order valence-electron chi connectivity index (χ2n) is 6.12. The summed E-state index contributed by atoms with van der Waals surface area (Å²) in [7, 11) is 0. The molecule has 0 bridgehead atoms. The molecule has 0 saturated carbocycles. The van der Waals surface area contributed by atoms with Crippen molar-refractivity contribution in [2.45, 2.75) is 13.8 Å². The number of carbonyl (C=O) groups excluding carboxylic acids is 1. The first-order valence-corrected chi connectivity index (χ1v) is 8.73. The first-order valence-electron chi connectivity index (χ1n) is 8.35. The minimum absolute atomic E-state index is 0.434. The predicted molar refractivity (Wildman–Crippen MR) is 107 cm³/mol. The molecule has 0 spiro atoms. The third-order valence-electron chi connectivity index (χ3n) is 4.07. The van der Waals surface area contributed by atoms with Gasteiger partial charge in [-0.25, -0.2) is 4.79 Å². The van der Waals surface area contributed by atoms with Gasteiger partial charge in [-0.15, -0.1) is 0 Å². The van der Waals surface area contributed by atoms with Crippen LogP contribution < -0.4 is 4.74 Å². The molecular formula is C23H19ClO2. The maximum absolute atomic E-state index is 12.1. The van der Waals surface area contributed by atoms with Crippen LogP contribution in [0.1, 0.15) is 16.7 Å². The normalized spacial score (nSPS) is 10.9. The van der Waals surface area contributed by atoms with E-state index in [1.165, 1.54) is 11.6 Å². The smallest absolute Gasteiger partial charge is 0.336 e. The first kappa shape index (κ1) is 18.0. The molecule has 0 aliphatic carbocycles. The van der Waals surface area contributed by atoms with Crippen LogP contribution in [-0.2, 0) is 4.79 Å². The summed E-state index contributed by atoms with van der Waals surface area (Å²) in [5.74, 6) is 0.116. The van der Waals surface area contributed by atoms with Crippen LogP contribution in [0.2, 0.25) is 5.02 Å². The van der Waals surface area contributed by atoms with E-state index in [0.29, 0.717) is 10.8 Å². The van der Waals surface area contributed by atoms with E-state index in [-0.39, 0.29) is 0 Å². The Labute approximate surface area is 158 Å². The van der Waals surface area contributed by atoms with E-state index in [0.717, 1.165) is 22.3 Å². The van der Waals surface area contributed by atoms with Gasteiger partial charge in [-0.1, -0.05) is 65.7 Å². The Morgan fingerprint density at radius 2 is 1.62 bits per heavy atom. The van der Waals surface area contributed by atoms with Crippen LogP contribution in [0, 0.1) is 13.8 Å². The largest absolute Gasteiger partial charge is 0.423 e. The standard InChI is InChI=1S/C23H19ClO2/c1-16-7-9-18(10-8-16)20-11-13-22(17(2)15-20)26-23(25)14-12-19-5-3-4-6-21(19)24/h3-15H,1-2H3. The molecule has 0 heterocycles. The minimum atomic E-state index is -0.434. The number of benzene rings is 3. The molecule has 0 N–H and O–H groups in total. The predicted octanol–water partition coefficient (Wildman–Crippen LogP) is 6.24. The van der Waals surface area contributed by atoms with E-state index in [1.54, 1.807) is 12.1 Å². The van der Waals surface area contributed by atoms with Gasteiger partial charge in [-0.05, 0) is 60.4 Å². The van der Waals surface area contributed by atoms with Crippen molar-refractivity contribution in [2.24, 2.45) is 0 Å². The van der Waals surface area contributed by atoms with Gasteiger partial charge in [0.2, 0.25) is 0 Å². The van der Waals surface area contributed by atoms with Crippen LogP contribution in [0.5, 0.6) is 5.75 Å². The fraction of sp³-hybridized carbons (Fsp3) is 0.0870. The van der Waals surface area contributed by atoms with Crippen LogP contribution in [0.15, 0.2) is 72.8 Å². The minimum Gasteiger partial charge on any atom is -0.423 e. The van der Waals surface area contributed by atoms with E-state index in [1.807, 2.05) is 43.3 Å². The Bertz CT molecular complexity index is 956. The zero-order valence-corrected chi connectivity index (χ0v) is 15.5. The van der Waals surface area contributed by atoms with Crippen molar-refractivity contribution in [1.82, 2.24) is 0 Å². The summed E-state index contributed by atoms with van der Waals surface area (Å²) in [6.07, 6.45) is 3.04. The van der Waals surface area contributed by atoms with E-state index < -0.39 is 5.97 Å². The highest BCUT2D eigenvalue weighted by molar-refractivity contribution is 6.32. The van der Waals surface area contributed by atoms with Gasteiger partial charge >= 0.3 is 5.97 Å². The zero-order chi connectivity index (χ0) is 18.5. The molecule has 3 heteroatoms. The van der Waals surface area contributed by atoms with Crippen LogP contribution in [-0.4, -0.2) is 5.97 Å². The average molecular weight is 363 g/mol. The molecule has 0 fully saturated rings. The van der Waals surface area contributed by atoms with Gasteiger partial charge in [0.05, 0.1) is 0 Å². The molecule has 0 aliphatic heterocycles. The second-order valence-corrected chi connectivity index (χ2v) is 6.53. The molecule has 0 amide bonds. The maximum Gasteiger partial charge on any atom is 0.336 e. The lowest BCUT2D eigenvalue weighted by atomic mass is 10.0. The Balaban J connectivity index is 1.73. The van der Waals surface area contributed by atoms with Gasteiger partial charge < -0.3 is 4.74 Å². The fourth-order valence-corrected chi connectivity index (χ4v) is 2.80. The molecule has 3 aromatic rings. The summed E-state index contributed by atoms with van der Waals surface area (Å²) in [5.41, 5.74) is 5.13. The molecule has 3 aromatic carbocycles. The SMILES string of the molecule is Cc1ccc(-c2ccc(OC(=O)C=Cc3ccccc3Cl)c(C)c2)cc1. The van der Waals surface area contributed by atoms with E-state index >= 15 is 0 Å². The lowest BCUT2D eigenvalue weighted by Crippen LogP contribution is -2.05. The summed E-state index contributed by atoms with van der Waals surface area (Å²) in [4.78, 5) is 12.1. The quantitative estimate of drug-likeness (QED) is 0.312. The number of rotatable bonds is 4. The fourth-order valence-electron chi connectivity index (χ4n) is 2.60. The van der Waals surface area contributed by atoms with Crippen molar-refractivity contribution in [1.29, 1.82) is 0 Å². The van der Waals surface area contributed by atoms with Crippen LogP contribution >= 0.6 is 11.6 Å². The Morgan fingerprint density at radius 1 is 0.923 bits per heavy atom. The number of esters is 1. The van der Waals surface area contributed by atoms with Gasteiger partial charge in [0.1, 0.15) is 5.75 Å². The van der Waals surface area contributed by atoms with E-state index in [4.69, 9.17) is 16.3 Å². The molecule has 0 aliphatic rings. The lowest BCUT2D eigenvalue weighted by molar-refractivity contribution is -0.128. The summed E-state index contributed by atoms with van der Waals surface area (Å²) in [5, 5.41) is 0.593. The van der Waals surface area contributed by atoms with Crippen LogP contribution in [0.3, 0.4) is 0 Å². The lowest BCUT2D eigenvalue weighted by Gasteiger charge is -2.09. The van der Waals surface area contributed by atoms with Gasteiger partial charge in [0, 0.05) is 11.1 Å². The molecule has 0 atom stereocenters. The molecule has 26 heavy (non-hydrogen) atoms. The van der Waals surface area contributed by atoms with Gasteiger partial charge in [-0.3, -0.25) is 0 Å². The summed E-state index contributed by atoms with van der Waals surface area (Å²) < 4.78 is 5.45. The summed E-state index contributed by atoms with van der Waals surface area (Å²) in [6, 6.07) is 21.5. The molecule has 3 rings (SSSR count). The van der Waals surface area contributed by atoms with Crippen LogP contribution in [0.4, 0.5) is 0 Å². The third kappa shape index (κ3) is 4.41. The van der Waals surface area contributed by atoms with Crippen molar-refractivity contribution < 1.29 is 9.53 Å². The highest BCUT2D eigenvalue weighted by Crippen LogP contribution is 2.26. The molecule has 0 radical (unpaired) electrons. The van der Waals surface area contributed by atoms with E-state index in [9.17, 15) is 4.79 Å². The number of aryl methyl sites for hydroxylation is 2. The molecule has 0 unspecified atom stereocenters. The van der Waals surface area contributed by atoms with Crippen molar-refractivity contribution in [3.8, 4) is 16.9 Å². The maximum atomic E-state index is 12.1. The topological polar surface area (TPSA) is 26.3 Å². The Morgan fingerprint density at radius 3 is 2.31 bits per heavy atom. The highest BCUT2D eigenvalue weighted by atomic mass is 35.5. The number of hydrogen-bond acceptors (Lipinski definition) is 2. The average Bonchev–Trinajstić information content (AvgIpc) is 2.63. The number of hydrogen-bond donors (Lipinski definition) is 0. The number of halogens is 1. The monoisotopic (exact) mass is 362 g/mol. The van der Waals surface area contributed by atoms with Crippen molar-refractivity contribution in [2.75, 3.05) is 0 Å². The van der Waals surface area contributed by atoms with Gasteiger partial charge in [0.25, 0.3) is 0 Å². The summed E-state index contributed by atoms with van der Waals surface area (Å²) in [6.45, 7) is 3.99. The van der Waals surface area contributed by atoms with Crippen molar-refractivity contribution >= 4 is 23.6 Å². The molecule has 130 valence electrons. The van der Waals surface area contributed by atoms with Gasteiger partial charge in [-0.2, -0.15) is 0 Å². The Kier molecular flexibility index (Phi) is 5.55. The third-order valence-corrected chi connectivity index (χ3v) is 4.42. The van der Waals surface area contributed by atoms with Gasteiger partial charge in [0.15, 0.2) is 0 Å². The summed E-state index contributed by atoms with van der Waals surface area (Å²) >= 11 is 6.08. The number of ether oxygens (including phenoxy) is 1. The number of carbonyl (C=O) groups is 1. The van der Waals surface area contributed by atoms with Crippen molar-refractivity contribution in [3.63, 3.8) is 0 Å². The molecule has 0 saturated heterocycles. The van der Waals surface area contributed by atoms with Crippen LogP contribution in [0.25, 0.3) is 17.2 Å².